The van der Waals surface area contributed by atoms with Crippen molar-refractivity contribution in [3.63, 3.8) is 0 Å². The number of hydrogen-bond donors (Lipinski definition) is 1. The summed E-state index contributed by atoms with van der Waals surface area (Å²) in [6, 6.07) is 21.3. The number of nitrogens with zero attached hydrogens (tertiary/aromatic N) is 5. The first-order chi connectivity index (χ1) is 17.5. The predicted molar refractivity (Wildman–Crippen MR) is 138 cm³/mol. The van der Waals surface area contributed by atoms with E-state index in [9.17, 15) is 14.9 Å². The largest absolute Gasteiger partial charge is 0.497 e. The smallest absolute Gasteiger partial charge is 0.288 e. The van der Waals surface area contributed by atoms with Gasteiger partial charge in [-0.1, -0.05) is 47.6 Å². The van der Waals surface area contributed by atoms with Crippen molar-refractivity contribution in [2.75, 3.05) is 12.9 Å². The number of nitrogens with one attached hydrogen (secondary N) is 1. The highest BCUT2D eigenvalue weighted by Gasteiger charge is 2.17. The molecule has 0 atom stereocenters. The van der Waals surface area contributed by atoms with Crippen LogP contribution in [0.5, 0.6) is 5.75 Å². The summed E-state index contributed by atoms with van der Waals surface area (Å²) < 4.78 is 7.10. The van der Waals surface area contributed by atoms with E-state index in [2.05, 4.69) is 20.7 Å². The van der Waals surface area contributed by atoms with Crippen molar-refractivity contribution in [2.24, 2.45) is 5.10 Å². The van der Waals surface area contributed by atoms with Gasteiger partial charge in [-0.3, -0.25) is 19.5 Å². The van der Waals surface area contributed by atoms with Crippen molar-refractivity contribution in [2.45, 2.75) is 5.16 Å². The van der Waals surface area contributed by atoms with Crippen molar-refractivity contribution in [1.29, 1.82) is 0 Å². The molecule has 182 valence electrons. The lowest BCUT2D eigenvalue weighted by molar-refractivity contribution is -0.384. The second-order valence-corrected chi connectivity index (χ2v) is 8.61. The maximum Gasteiger partial charge on any atom is 0.288 e. The van der Waals surface area contributed by atoms with Crippen molar-refractivity contribution in [1.82, 2.24) is 20.2 Å². The summed E-state index contributed by atoms with van der Waals surface area (Å²) in [5.41, 5.74) is 4.28. The van der Waals surface area contributed by atoms with Gasteiger partial charge in [0.05, 0.1) is 24.0 Å². The Hall–Kier alpha value is -4.22. The number of benzene rings is 3. The van der Waals surface area contributed by atoms with Crippen molar-refractivity contribution >= 4 is 41.2 Å². The third-order valence-corrected chi connectivity index (χ3v) is 6.15. The molecule has 10 nitrogen and oxygen atoms in total. The number of aromatic nitrogens is 3. The van der Waals surface area contributed by atoms with Crippen molar-refractivity contribution in [3.8, 4) is 22.8 Å². The predicted octanol–water partition coefficient (Wildman–Crippen LogP) is 4.75. The Labute approximate surface area is 215 Å². The quantitative estimate of drug-likeness (QED) is 0.145. The molecule has 3 aromatic carbocycles. The zero-order valence-electron chi connectivity index (χ0n) is 18.9. The van der Waals surface area contributed by atoms with Gasteiger partial charge in [0, 0.05) is 22.9 Å². The summed E-state index contributed by atoms with van der Waals surface area (Å²) in [6.07, 6.45) is 1.31. The molecule has 1 aromatic heterocycles. The Bertz CT molecular complexity index is 1410. The van der Waals surface area contributed by atoms with Crippen molar-refractivity contribution in [3.05, 3.63) is 93.5 Å². The van der Waals surface area contributed by atoms with Crippen LogP contribution in [-0.2, 0) is 4.79 Å². The number of thioether (sulfide) groups is 1. The molecule has 36 heavy (non-hydrogen) atoms. The number of carbonyl (C=O) groups excluding carboxylic acids is 1. The highest BCUT2D eigenvalue weighted by molar-refractivity contribution is 7.99. The Morgan fingerprint density at radius 2 is 1.92 bits per heavy atom. The summed E-state index contributed by atoms with van der Waals surface area (Å²) in [4.78, 5) is 22.8. The van der Waals surface area contributed by atoms with Gasteiger partial charge in [-0.2, -0.15) is 5.10 Å². The fraction of sp³-hybridized carbons (Fsp3) is 0.0833. The Balaban J connectivity index is 1.48. The molecule has 1 amide bonds. The highest BCUT2D eigenvalue weighted by atomic mass is 35.5. The van der Waals surface area contributed by atoms with E-state index in [1.54, 1.807) is 13.2 Å². The summed E-state index contributed by atoms with van der Waals surface area (Å²) >= 11 is 7.01. The number of hydrogen-bond acceptors (Lipinski definition) is 8. The van der Waals surface area contributed by atoms with Gasteiger partial charge < -0.3 is 4.74 Å². The molecule has 0 aliphatic carbocycles. The summed E-state index contributed by atoms with van der Waals surface area (Å²) in [5.74, 6) is 0.984. The number of carbonyl (C=O) groups is 1. The molecule has 0 saturated heterocycles. The van der Waals surface area contributed by atoms with Crippen molar-refractivity contribution < 1.29 is 14.5 Å². The fourth-order valence-corrected chi connectivity index (χ4v) is 4.12. The number of rotatable bonds is 9. The molecule has 0 aliphatic heterocycles. The van der Waals surface area contributed by atoms with Gasteiger partial charge in [-0.05, 0) is 42.5 Å². The van der Waals surface area contributed by atoms with Gasteiger partial charge >= 0.3 is 0 Å². The van der Waals surface area contributed by atoms with Crippen LogP contribution in [0.4, 0.5) is 5.69 Å². The topological polar surface area (TPSA) is 125 Å². The average Bonchev–Trinajstić information content (AvgIpc) is 3.33. The summed E-state index contributed by atoms with van der Waals surface area (Å²) in [5, 5.41) is 24.1. The lowest BCUT2D eigenvalue weighted by atomic mass is 10.2. The molecule has 1 N–H and O–H groups in total. The number of nitro groups is 1. The van der Waals surface area contributed by atoms with Crippen LogP contribution in [0.15, 0.2) is 83.1 Å². The Morgan fingerprint density at radius 3 is 2.61 bits per heavy atom. The first-order valence-electron chi connectivity index (χ1n) is 10.5. The lowest BCUT2D eigenvalue weighted by Crippen LogP contribution is -2.20. The van der Waals surface area contributed by atoms with Crippen LogP contribution in [-0.4, -0.2) is 44.7 Å². The molecule has 0 saturated carbocycles. The van der Waals surface area contributed by atoms with E-state index in [-0.39, 0.29) is 22.4 Å². The van der Waals surface area contributed by atoms with E-state index in [1.165, 1.54) is 30.1 Å². The minimum atomic E-state index is -0.585. The van der Waals surface area contributed by atoms with Crippen LogP contribution in [0.3, 0.4) is 0 Å². The van der Waals surface area contributed by atoms with Crippen LogP contribution in [0.1, 0.15) is 5.56 Å². The Morgan fingerprint density at radius 1 is 1.17 bits per heavy atom. The second-order valence-electron chi connectivity index (χ2n) is 7.26. The van der Waals surface area contributed by atoms with Gasteiger partial charge in [0.25, 0.3) is 11.6 Å². The molecular formula is C24H19ClN6O4S. The van der Waals surface area contributed by atoms with Crippen LogP contribution < -0.4 is 10.2 Å². The monoisotopic (exact) mass is 522 g/mol. The maximum absolute atomic E-state index is 12.4. The highest BCUT2D eigenvalue weighted by Crippen LogP contribution is 2.29. The number of para-hydroxylation sites is 1. The number of halogens is 1. The Kier molecular flexibility index (Phi) is 7.93. The maximum atomic E-state index is 12.4. The van der Waals surface area contributed by atoms with Crippen LogP contribution in [0.2, 0.25) is 5.02 Å². The molecule has 0 radical (unpaired) electrons. The number of amides is 1. The molecule has 0 bridgehead atoms. The minimum absolute atomic E-state index is 0.0195. The molecule has 1 heterocycles. The molecule has 4 rings (SSSR count). The first-order valence-corrected chi connectivity index (χ1v) is 11.9. The summed E-state index contributed by atoms with van der Waals surface area (Å²) in [7, 11) is 1.60. The third-order valence-electron chi connectivity index (χ3n) is 4.90. The van der Waals surface area contributed by atoms with E-state index < -0.39 is 4.92 Å². The molecule has 0 aliphatic rings. The SMILES string of the molecule is COc1ccc(-c2nnc(SCC(=O)NN=Cc3ccc(Cl)c([N+](=O)[O-])c3)n2-c2ccccc2)cc1. The minimum Gasteiger partial charge on any atom is -0.497 e. The zero-order chi connectivity index (χ0) is 25.5. The number of ether oxygens (including phenoxy) is 1. The molecule has 0 spiro atoms. The zero-order valence-corrected chi connectivity index (χ0v) is 20.4. The van der Waals surface area contributed by atoms with Crippen LogP contribution >= 0.6 is 23.4 Å². The van der Waals surface area contributed by atoms with Gasteiger partial charge in [0.2, 0.25) is 0 Å². The van der Waals surface area contributed by atoms with Crippen LogP contribution in [0, 0.1) is 10.1 Å². The first kappa shape index (κ1) is 24.9. The van der Waals surface area contributed by atoms with Gasteiger partial charge in [0.1, 0.15) is 10.8 Å². The number of nitro benzene ring substituents is 1. The average molecular weight is 523 g/mol. The molecule has 4 aromatic rings. The molecule has 0 unspecified atom stereocenters. The van der Waals surface area contributed by atoms with E-state index in [1.807, 2.05) is 59.2 Å². The van der Waals surface area contributed by atoms with E-state index in [4.69, 9.17) is 16.3 Å². The second kappa shape index (κ2) is 11.5. The van der Waals surface area contributed by atoms with Gasteiger partial charge in [0.15, 0.2) is 11.0 Å². The van der Waals surface area contributed by atoms with E-state index >= 15 is 0 Å². The molecular weight excluding hydrogens is 504 g/mol. The molecule has 0 fully saturated rings. The standard InChI is InChI=1S/C24H19ClN6O4S/c1-35-19-10-8-17(9-11-19)23-28-29-24(30(23)18-5-3-2-4-6-18)36-15-22(32)27-26-14-16-7-12-20(25)21(13-16)31(33)34/h2-14H,15H2,1H3,(H,27,32). The normalized spacial score (nSPS) is 10.9. The van der Waals surface area contributed by atoms with Gasteiger partial charge in [-0.25, -0.2) is 5.43 Å². The third kappa shape index (κ3) is 5.88. The van der Waals surface area contributed by atoms with E-state index in [0.29, 0.717) is 16.5 Å². The number of methoxy groups -OCH3 is 1. The fourth-order valence-electron chi connectivity index (χ4n) is 3.19. The molecule has 12 heteroatoms. The van der Waals surface area contributed by atoms with Gasteiger partial charge in [-0.15, -0.1) is 10.2 Å². The summed E-state index contributed by atoms with van der Waals surface area (Å²) in [6.45, 7) is 0. The van der Waals surface area contributed by atoms with Crippen LogP contribution in [0.25, 0.3) is 17.1 Å². The van der Waals surface area contributed by atoms with E-state index in [0.717, 1.165) is 17.0 Å². The lowest BCUT2D eigenvalue weighted by Gasteiger charge is -2.10. The number of hydrazone groups is 1.